The maximum atomic E-state index is 13.2. The smallest absolute Gasteiger partial charge is 0.306 e. The Bertz CT molecular complexity index is 5500. The van der Waals surface area contributed by atoms with Gasteiger partial charge in [-0.05, 0) is 127 Å². The van der Waals surface area contributed by atoms with Crippen LogP contribution in [0.2, 0.25) is 10.0 Å². The molecule has 0 radical (unpaired) electrons. The molecule has 6 aliphatic heterocycles. The first-order valence-corrected chi connectivity index (χ1v) is 45.2. The molecule has 692 valence electrons. The van der Waals surface area contributed by atoms with Gasteiger partial charge in [-0.3, -0.25) is 87.4 Å². The molecule has 10 heterocycles. The molecule has 8 aromatic rings. The number of carbonyl (C=O) groups excluding carboxylic acids is 10. The number of aliphatic carboxylic acids is 1. The van der Waals surface area contributed by atoms with Crippen LogP contribution in [0, 0.1) is 41.5 Å². The molecule has 6 aliphatic rings. The second-order valence-electron chi connectivity index (χ2n) is 30.7. The minimum absolute atomic E-state index is 0.00246. The van der Waals surface area contributed by atoms with Crippen LogP contribution in [0.3, 0.4) is 0 Å². The zero-order chi connectivity index (χ0) is 92.5. The van der Waals surface area contributed by atoms with Crippen molar-refractivity contribution in [1.82, 2.24) is 60.6 Å². The number of imide groups is 3. The Labute approximate surface area is 767 Å². The van der Waals surface area contributed by atoms with Crippen molar-refractivity contribution in [3.8, 4) is 21.5 Å². The van der Waals surface area contributed by atoms with Gasteiger partial charge in [0.2, 0.25) is 29.5 Å². The van der Waals surface area contributed by atoms with Crippen molar-refractivity contribution in [3.63, 3.8) is 0 Å². The largest absolute Gasteiger partial charge is 0.485 e. The summed E-state index contributed by atoms with van der Waals surface area (Å²) in [6.07, 6.45) is 2.31. The Morgan fingerprint density at radius 3 is 1.43 bits per heavy atom. The van der Waals surface area contributed by atoms with Crippen LogP contribution in [0.15, 0.2) is 94.9 Å². The molecular formula is C90H104Cl2N14O22S2. The van der Waals surface area contributed by atoms with E-state index in [4.69, 9.17) is 80.6 Å². The first kappa shape index (κ1) is 97.8. The number of amides is 9. The molecule has 5 N–H and O–H groups in total. The van der Waals surface area contributed by atoms with Gasteiger partial charge in [-0.25, -0.2) is 0 Å². The Morgan fingerprint density at radius 1 is 0.492 bits per heavy atom. The number of Topliss-reactive ketones (excluding diaryl/α,β-unsaturated/α-hetero) is 1. The highest BCUT2D eigenvalue weighted by Gasteiger charge is 2.47. The minimum atomic E-state index is -1.11. The first-order valence-electron chi connectivity index (χ1n) is 42.8. The van der Waals surface area contributed by atoms with Gasteiger partial charge in [-0.1, -0.05) is 66.5 Å². The topological polar surface area (TPSA) is 441 Å². The lowest BCUT2D eigenvalue weighted by Gasteiger charge is -2.29. The lowest BCUT2D eigenvalue weighted by molar-refractivity contribution is -0.138. The first-order chi connectivity index (χ1) is 62.8. The van der Waals surface area contributed by atoms with Crippen molar-refractivity contribution in [2.45, 2.75) is 137 Å². The van der Waals surface area contributed by atoms with E-state index in [1.165, 1.54) is 32.9 Å². The second kappa shape index (κ2) is 47.5. The number of carboxylic acid groups (broad SMARTS) is 1. The molecular weight excluding hydrogens is 1760 g/mol. The molecule has 14 rings (SSSR count). The van der Waals surface area contributed by atoms with Crippen LogP contribution in [0.25, 0.3) is 10.0 Å². The molecule has 0 aliphatic carbocycles. The van der Waals surface area contributed by atoms with Crippen molar-refractivity contribution < 1.29 is 105 Å². The number of hydrogen-bond donors (Lipinski definition) is 5. The normalized spacial score (nSPS) is 16.6. The zero-order valence-corrected chi connectivity index (χ0v) is 76.3. The van der Waals surface area contributed by atoms with Crippen LogP contribution < -0.4 is 30.7 Å². The van der Waals surface area contributed by atoms with Gasteiger partial charge in [0.15, 0.2) is 24.0 Å². The van der Waals surface area contributed by atoms with Crippen molar-refractivity contribution in [3.05, 3.63) is 184 Å². The van der Waals surface area contributed by atoms with E-state index >= 15 is 0 Å². The fraction of sp³-hybridized carbons (Fsp3) is 0.456. The van der Waals surface area contributed by atoms with Crippen LogP contribution in [0.5, 0.6) is 11.5 Å². The van der Waals surface area contributed by atoms with Crippen LogP contribution in [-0.4, -0.2) is 265 Å². The number of ketones is 1. The average Bonchev–Trinajstić information content (AvgIpc) is 1.59. The van der Waals surface area contributed by atoms with Crippen molar-refractivity contribution >= 4 is 122 Å². The van der Waals surface area contributed by atoms with E-state index in [1.54, 1.807) is 40.9 Å². The summed E-state index contributed by atoms with van der Waals surface area (Å²) < 4.78 is 59.1. The van der Waals surface area contributed by atoms with Gasteiger partial charge in [0.1, 0.15) is 63.9 Å². The Balaban J connectivity index is 0.000000197. The summed E-state index contributed by atoms with van der Waals surface area (Å²) in [5.41, 5.74) is 8.69. The summed E-state index contributed by atoms with van der Waals surface area (Å²) in [7, 11) is 0. The van der Waals surface area contributed by atoms with E-state index in [9.17, 15) is 57.8 Å². The molecule has 2 fully saturated rings. The van der Waals surface area contributed by atoms with Crippen LogP contribution in [0.1, 0.15) is 180 Å². The molecule has 9 amide bonds. The number of nitrogens with zero attached hydrogens (tertiary/aromatic N) is 10. The van der Waals surface area contributed by atoms with Gasteiger partial charge >= 0.3 is 5.97 Å². The maximum Gasteiger partial charge on any atom is 0.306 e. The number of carbonyl (C=O) groups is 11. The maximum absolute atomic E-state index is 13.2. The van der Waals surface area contributed by atoms with E-state index in [0.717, 1.165) is 84.4 Å². The number of ether oxygens (including phenoxy) is 10. The Morgan fingerprint density at radius 2 is 0.938 bits per heavy atom. The minimum Gasteiger partial charge on any atom is -0.485 e. The molecule has 2 unspecified atom stereocenters. The summed E-state index contributed by atoms with van der Waals surface area (Å²) in [5, 5.41) is 39.9. The SMILES string of the molecule is CCCOCCOCCOCCOCCCC(=O)COc1cccc2c1CN(C1CCC(=O)NC1=O)C2=O.Cc1sc2c(c1C)C(c1ccc(Cl)cc1)=N[C@@H](CC(=O)NCCOCCOCCOCCOCCNC(=O)COc1cccc3c1C(=O)N(C1CCC(=O)NC1=O)C3=O)c1nnc(C)n1-2.Cc1sc2c(c1C)C(c1ccc(Cl)cc1)=N[C@@H](CC(=O)O)c1nnc(C)n1-2. The molecule has 130 heavy (non-hydrogen) atoms. The number of aromatic nitrogens is 6. The number of aliphatic imine (C=N–C) groups is 2. The van der Waals surface area contributed by atoms with Gasteiger partial charge in [0, 0.05) is 98.7 Å². The number of rotatable bonds is 44. The summed E-state index contributed by atoms with van der Waals surface area (Å²) >= 11 is 15.6. The summed E-state index contributed by atoms with van der Waals surface area (Å²) in [6, 6.07) is 21.5. The third-order valence-electron chi connectivity index (χ3n) is 21.6. The zero-order valence-electron chi connectivity index (χ0n) is 73.2. The van der Waals surface area contributed by atoms with Crippen LogP contribution >= 0.6 is 45.9 Å². The fourth-order valence-electron chi connectivity index (χ4n) is 15.0. The fourth-order valence-corrected chi connectivity index (χ4v) is 17.6. The van der Waals surface area contributed by atoms with Crippen LogP contribution in [0.4, 0.5) is 0 Å². The molecule has 4 atom stereocenters. The summed E-state index contributed by atoms with van der Waals surface area (Å²) in [6.45, 7) is 21.1. The number of carboxylic acids is 1. The third-order valence-corrected chi connectivity index (χ3v) is 24.5. The number of thiophene rings is 2. The molecule has 0 spiro atoms. The number of hydrogen-bond acceptors (Lipinski definition) is 29. The summed E-state index contributed by atoms with van der Waals surface area (Å²) in [4.78, 5) is 151. The number of piperidine rings is 2. The molecule has 36 nitrogen and oxygen atoms in total. The van der Waals surface area contributed by atoms with Gasteiger partial charge in [0.25, 0.3) is 23.6 Å². The molecule has 4 aromatic heterocycles. The van der Waals surface area contributed by atoms with E-state index < -0.39 is 72.2 Å². The average molecular weight is 1870 g/mol. The monoisotopic (exact) mass is 1870 g/mol. The lowest BCUT2D eigenvalue weighted by atomic mass is 9.99. The Kier molecular flexibility index (Phi) is 35.7. The quantitative estimate of drug-likeness (QED) is 0.0176. The van der Waals surface area contributed by atoms with E-state index in [0.29, 0.717) is 150 Å². The number of aryl methyl sites for hydroxylation is 4. The van der Waals surface area contributed by atoms with Gasteiger partial charge < -0.3 is 68.0 Å². The number of nitrogens with one attached hydrogen (secondary N) is 4. The lowest BCUT2D eigenvalue weighted by Crippen LogP contribution is -2.54. The van der Waals surface area contributed by atoms with Crippen molar-refractivity contribution in [1.29, 1.82) is 0 Å². The molecule has 4 aromatic carbocycles. The highest BCUT2D eigenvalue weighted by atomic mass is 35.5. The molecule has 40 heteroatoms. The number of benzene rings is 4. The standard InChI is InChI=1S/C44H49ClN8O11S.C27H38N2O9.C19H17ClN4O2S/c1-25-26(2)65-44-37(25)39(28-7-9-29(45)10-8-28)48-31(40-51-50-27(3)52(40)44)23-35(55)46-13-15-60-17-19-62-21-22-63-20-18-61-16-14-47-36(56)24-64-33-6-4-5-30-38(33)43(59)53(42(30)58)32-11-12-34(54)49-41(32)57;1-2-10-34-12-14-36-16-17-37-15-13-35-11-4-5-20(30)19-38-24-7-3-6-21-22(24)18-29(27(21)33)23-8-9-25(31)28-26(23)32;1-9-10(2)27-19-16(9)17(12-4-6-13(20)7-5-12)21-14(8-15(25)26)18-23-22-11(3)24(18)19/h4-10,31-32H,11-24H2,1-3H3,(H,46,55)(H,47,56)(H,49,54,57);3,6-7,23H,2,4-5,8-19H2,1H3,(H,28,31,32);4-7,14H,8H2,1-3H3,(H,25,26)/t31-,32?;;14-/m0.0/s1. The highest BCUT2D eigenvalue weighted by Crippen LogP contribution is 2.43. The van der Waals surface area contributed by atoms with E-state index in [1.807, 2.05) is 71.5 Å². The molecule has 2 saturated heterocycles. The van der Waals surface area contributed by atoms with Crippen molar-refractivity contribution in [2.24, 2.45) is 9.98 Å². The van der Waals surface area contributed by atoms with Gasteiger partial charge in [-0.15, -0.1) is 43.1 Å². The van der Waals surface area contributed by atoms with Gasteiger partial charge in [-0.2, -0.15) is 0 Å². The highest BCUT2D eigenvalue weighted by molar-refractivity contribution is 7.15. The second-order valence-corrected chi connectivity index (χ2v) is 34.0. The number of fused-ring (bicyclic) bond motifs is 8. The predicted molar refractivity (Wildman–Crippen MR) is 477 cm³/mol. The summed E-state index contributed by atoms with van der Waals surface area (Å²) in [5.74, 6) is -2.23. The number of halogens is 2. The molecule has 0 saturated carbocycles. The van der Waals surface area contributed by atoms with E-state index in [2.05, 4.69) is 76.3 Å². The van der Waals surface area contributed by atoms with E-state index in [-0.39, 0.29) is 105 Å². The third kappa shape index (κ3) is 25.1. The predicted octanol–water partition coefficient (Wildman–Crippen LogP) is 8.90. The molecule has 0 bridgehead atoms. The van der Waals surface area contributed by atoms with Crippen LogP contribution in [-0.2, 0) is 82.8 Å². The van der Waals surface area contributed by atoms with Crippen molar-refractivity contribution in [2.75, 3.05) is 132 Å². The van der Waals surface area contributed by atoms with Gasteiger partial charge in [0.05, 0.1) is 134 Å². The Hall–Kier alpha value is -11.3.